The largest absolute Gasteiger partial charge is 0.324 e. The normalized spacial score (nSPS) is 17.1. The lowest BCUT2D eigenvalue weighted by Crippen LogP contribution is -2.35. The van der Waals surface area contributed by atoms with Crippen molar-refractivity contribution in [1.82, 2.24) is 19.1 Å². The fourth-order valence-corrected chi connectivity index (χ4v) is 7.16. The summed E-state index contributed by atoms with van der Waals surface area (Å²) in [4.78, 5) is 13.9. The predicted octanol–water partition coefficient (Wildman–Crippen LogP) is 4.90. The highest BCUT2D eigenvalue weighted by molar-refractivity contribution is 7.99. The van der Waals surface area contributed by atoms with Gasteiger partial charge in [0, 0.05) is 19.1 Å². The molecule has 1 aliphatic carbocycles. The summed E-state index contributed by atoms with van der Waals surface area (Å²) in [5.41, 5.74) is 0.285. The van der Waals surface area contributed by atoms with E-state index in [1.807, 2.05) is 17.5 Å². The second-order valence-corrected chi connectivity index (χ2v) is 12.6. The van der Waals surface area contributed by atoms with Crippen LogP contribution in [0.2, 0.25) is 5.02 Å². The van der Waals surface area contributed by atoms with E-state index in [0.717, 1.165) is 42.8 Å². The number of thioether (sulfide) groups is 1. The van der Waals surface area contributed by atoms with Crippen LogP contribution in [-0.4, -0.2) is 52.2 Å². The van der Waals surface area contributed by atoms with E-state index in [2.05, 4.69) is 20.1 Å². The molecule has 0 spiro atoms. The fourth-order valence-electron chi connectivity index (χ4n) is 3.94. The van der Waals surface area contributed by atoms with Gasteiger partial charge >= 0.3 is 0 Å². The number of hydrogen-bond acceptors (Lipinski definition) is 7. The molecule has 1 amide bonds. The SMILES string of the molecule is O=C(CSc1nnc(-c2cccs2)n1C1CC1)Nc1cc(S(=O)(=O)N2CCCCC2)ccc1Cl. The van der Waals surface area contributed by atoms with Crippen molar-refractivity contribution in [3.8, 4) is 10.7 Å². The van der Waals surface area contributed by atoms with Crippen molar-refractivity contribution in [3.05, 3.63) is 40.7 Å². The number of halogens is 1. The molecule has 2 aromatic heterocycles. The zero-order chi connectivity index (χ0) is 23.7. The van der Waals surface area contributed by atoms with Crippen LogP contribution >= 0.6 is 34.7 Å². The topological polar surface area (TPSA) is 97.2 Å². The Morgan fingerprint density at radius 1 is 1.18 bits per heavy atom. The van der Waals surface area contributed by atoms with Crippen molar-refractivity contribution in [1.29, 1.82) is 0 Å². The zero-order valence-electron chi connectivity index (χ0n) is 18.3. The number of nitrogens with zero attached hydrogens (tertiary/aromatic N) is 4. The average molecular weight is 538 g/mol. The van der Waals surface area contributed by atoms with Crippen LogP contribution in [0.15, 0.2) is 45.8 Å². The Morgan fingerprint density at radius 2 is 1.97 bits per heavy atom. The molecule has 1 saturated heterocycles. The molecule has 0 unspecified atom stereocenters. The van der Waals surface area contributed by atoms with Gasteiger partial charge in [-0.1, -0.05) is 35.9 Å². The minimum Gasteiger partial charge on any atom is -0.324 e. The number of amides is 1. The second-order valence-electron chi connectivity index (χ2n) is 8.33. The Labute approximate surface area is 211 Å². The molecule has 1 saturated carbocycles. The summed E-state index contributed by atoms with van der Waals surface area (Å²) >= 11 is 9.20. The van der Waals surface area contributed by atoms with Crippen molar-refractivity contribution in [2.75, 3.05) is 24.2 Å². The van der Waals surface area contributed by atoms with Gasteiger partial charge in [-0.15, -0.1) is 21.5 Å². The van der Waals surface area contributed by atoms with E-state index in [1.165, 1.54) is 34.3 Å². The van der Waals surface area contributed by atoms with Gasteiger partial charge in [0.25, 0.3) is 0 Å². The molecule has 0 radical (unpaired) electrons. The van der Waals surface area contributed by atoms with Gasteiger partial charge in [-0.25, -0.2) is 8.42 Å². The molecule has 1 aromatic carbocycles. The molecule has 8 nitrogen and oxygen atoms in total. The zero-order valence-corrected chi connectivity index (χ0v) is 21.5. The highest BCUT2D eigenvalue weighted by atomic mass is 35.5. The van der Waals surface area contributed by atoms with Crippen LogP contribution in [0.1, 0.15) is 38.1 Å². The molecule has 3 aromatic rings. The van der Waals surface area contributed by atoms with Crippen molar-refractivity contribution in [2.24, 2.45) is 0 Å². The van der Waals surface area contributed by atoms with Crippen LogP contribution in [0, 0.1) is 0 Å². The maximum absolute atomic E-state index is 13.0. The van der Waals surface area contributed by atoms with Crippen LogP contribution in [0.5, 0.6) is 0 Å². The molecule has 5 rings (SSSR count). The first-order chi connectivity index (χ1) is 16.4. The summed E-state index contributed by atoms with van der Waals surface area (Å²) in [7, 11) is -3.62. The lowest BCUT2D eigenvalue weighted by atomic mass is 10.2. The summed E-state index contributed by atoms with van der Waals surface area (Å²) in [5, 5.41) is 14.4. The van der Waals surface area contributed by atoms with E-state index in [1.54, 1.807) is 11.3 Å². The number of sulfonamides is 1. The molecule has 12 heteroatoms. The molecule has 2 aliphatic rings. The molecule has 34 heavy (non-hydrogen) atoms. The van der Waals surface area contributed by atoms with Gasteiger partial charge in [-0.2, -0.15) is 4.31 Å². The molecule has 2 fully saturated rings. The molecule has 0 atom stereocenters. The molecule has 1 aliphatic heterocycles. The van der Waals surface area contributed by atoms with Gasteiger partial charge in [0.1, 0.15) is 0 Å². The van der Waals surface area contributed by atoms with Gasteiger partial charge < -0.3 is 5.32 Å². The van der Waals surface area contributed by atoms with Crippen molar-refractivity contribution < 1.29 is 13.2 Å². The Bertz CT molecular complexity index is 1280. The number of hydrogen-bond donors (Lipinski definition) is 1. The van der Waals surface area contributed by atoms with E-state index >= 15 is 0 Å². The summed E-state index contributed by atoms with van der Waals surface area (Å²) in [6, 6.07) is 8.80. The molecular weight excluding hydrogens is 514 g/mol. The predicted molar refractivity (Wildman–Crippen MR) is 135 cm³/mol. The second kappa shape index (κ2) is 9.98. The number of piperidine rings is 1. The number of thiophene rings is 1. The van der Waals surface area contributed by atoms with Crippen LogP contribution < -0.4 is 5.32 Å². The third kappa shape index (κ3) is 5.03. The molecule has 180 valence electrons. The first-order valence-corrected chi connectivity index (χ1v) is 14.8. The molecule has 0 bridgehead atoms. The van der Waals surface area contributed by atoms with Crippen molar-refractivity contribution in [2.45, 2.75) is 48.2 Å². The number of anilines is 1. The fraction of sp³-hybridized carbons (Fsp3) is 0.409. The lowest BCUT2D eigenvalue weighted by Gasteiger charge is -2.26. The van der Waals surface area contributed by atoms with E-state index in [4.69, 9.17) is 11.6 Å². The molecule has 1 N–H and O–H groups in total. The van der Waals surface area contributed by atoms with Gasteiger partial charge in [-0.05, 0) is 55.3 Å². The van der Waals surface area contributed by atoms with Crippen LogP contribution in [0.25, 0.3) is 10.7 Å². The Balaban J connectivity index is 1.28. The number of benzene rings is 1. The minimum absolute atomic E-state index is 0.106. The maximum Gasteiger partial charge on any atom is 0.243 e. The van der Waals surface area contributed by atoms with E-state index in [9.17, 15) is 13.2 Å². The van der Waals surface area contributed by atoms with Crippen LogP contribution in [0.3, 0.4) is 0 Å². The van der Waals surface area contributed by atoms with Crippen LogP contribution in [0.4, 0.5) is 5.69 Å². The highest BCUT2D eigenvalue weighted by Gasteiger charge is 2.31. The first kappa shape index (κ1) is 23.8. The van der Waals surface area contributed by atoms with Crippen molar-refractivity contribution in [3.63, 3.8) is 0 Å². The standard InChI is InChI=1S/C22H24ClN5O3S3/c23-17-9-8-16(34(30,31)27-10-2-1-3-11-27)13-18(17)24-20(29)14-33-22-26-25-21(19-5-4-12-32-19)28(22)15-6-7-15/h4-5,8-9,12-13,15H,1-3,6-7,10-11,14H2,(H,24,29). The minimum atomic E-state index is -3.62. The maximum atomic E-state index is 13.0. The van der Waals surface area contributed by atoms with Crippen molar-refractivity contribution >= 4 is 56.3 Å². The number of nitrogens with one attached hydrogen (secondary N) is 1. The number of carbonyl (C=O) groups excluding carboxylic acids is 1. The Hall–Kier alpha value is -1.92. The third-order valence-corrected chi connectivity index (χ3v) is 9.85. The Kier molecular flexibility index (Phi) is 6.99. The monoisotopic (exact) mass is 537 g/mol. The van der Waals surface area contributed by atoms with Gasteiger partial charge in [0.05, 0.1) is 26.2 Å². The smallest absolute Gasteiger partial charge is 0.243 e. The average Bonchev–Trinajstić information content (AvgIpc) is 3.35. The summed E-state index contributed by atoms with van der Waals surface area (Å²) in [5.74, 6) is 0.649. The number of rotatable bonds is 8. The summed E-state index contributed by atoms with van der Waals surface area (Å²) < 4.78 is 29.6. The van der Waals surface area contributed by atoms with Gasteiger partial charge in [0.15, 0.2) is 11.0 Å². The lowest BCUT2D eigenvalue weighted by molar-refractivity contribution is -0.113. The summed E-state index contributed by atoms with van der Waals surface area (Å²) in [6.07, 6.45) is 4.89. The van der Waals surface area contributed by atoms with E-state index < -0.39 is 10.0 Å². The molecular formula is C22H24ClN5O3S3. The van der Waals surface area contributed by atoms with Gasteiger partial charge in [-0.3, -0.25) is 9.36 Å². The third-order valence-electron chi connectivity index (χ3n) is 5.82. The van der Waals surface area contributed by atoms with Gasteiger partial charge in [0.2, 0.25) is 15.9 Å². The summed E-state index contributed by atoms with van der Waals surface area (Å²) in [6.45, 7) is 1.02. The van der Waals surface area contributed by atoms with E-state index in [-0.39, 0.29) is 27.3 Å². The highest BCUT2D eigenvalue weighted by Crippen LogP contribution is 2.41. The van der Waals surface area contributed by atoms with Crippen LogP contribution in [-0.2, 0) is 14.8 Å². The quantitative estimate of drug-likeness (QED) is 0.410. The molecule has 3 heterocycles. The number of aromatic nitrogens is 3. The Morgan fingerprint density at radius 3 is 2.68 bits per heavy atom. The number of carbonyl (C=O) groups is 1. The first-order valence-electron chi connectivity index (χ1n) is 11.1. The van der Waals surface area contributed by atoms with E-state index in [0.29, 0.717) is 24.3 Å².